The number of nitrogens with zero attached hydrogens (tertiary/aromatic N) is 6. The Kier molecular flexibility index (Phi) is 6.66. The molecule has 1 aliphatic heterocycles. The van der Waals surface area contributed by atoms with Gasteiger partial charge in [0.1, 0.15) is 0 Å². The number of likely N-dealkylation sites (tertiary alicyclic amines) is 1. The molecule has 28 heavy (non-hydrogen) atoms. The molecule has 2 amide bonds. The lowest BCUT2D eigenvalue weighted by Crippen LogP contribution is -2.31. The summed E-state index contributed by atoms with van der Waals surface area (Å²) in [7, 11) is 3.48. The minimum Gasteiger partial charge on any atom is -0.348 e. The molecule has 2 aromatic rings. The molecule has 9 heteroatoms. The summed E-state index contributed by atoms with van der Waals surface area (Å²) >= 11 is 1.36. The van der Waals surface area contributed by atoms with E-state index in [0.717, 1.165) is 31.5 Å². The van der Waals surface area contributed by atoms with Crippen molar-refractivity contribution in [1.29, 1.82) is 0 Å². The van der Waals surface area contributed by atoms with Gasteiger partial charge in [0.25, 0.3) is 0 Å². The van der Waals surface area contributed by atoms with Crippen molar-refractivity contribution in [3.63, 3.8) is 0 Å². The molecule has 0 saturated carbocycles. The molecule has 1 saturated heterocycles. The Balaban J connectivity index is 1.91. The summed E-state index contributed by atoms with van der Waals surface area (Å²) in [6.45, 7) is 2.99. The molecule has 0 radical (unpaired) electrons. The molecule has 8 nitrogen and oxygen atoms in total. The van der Waals surface area contributed by atoms with Crippen LogP contribution in [0.15, 0.2) is 29.7 Å². The summed E-state index contributed by atoms with van der Waals surface area (Å²) in [5.74, 6) is 0.842. The van der Waals surface area contributed by atoms with Crippen molar-refractivity contribution in [3.8, 4) is 5.69 Å². The Morgan fingerprint density at radius 3 is 2.82 bits per heavy atom. The van der Waals surface area contributed by atoms with Crippen LogP contribution in [0, 0.1) is 0 Å². The van der Waals surface area contributed by atoms with Crippen molar-refractivity contribution in [3.05, 3.63) is 30.4 Å². The third kappa shape index (κ3) is 4.70. The molecule has 1 atom stereocenters. The van der Waals surface area contributed by atoms with E-state index in [-0.39, 0.29) is 17.1 Å². The van der Waals surface area contributed by atoms with E-state index in [2.05, 4.69) is 15.2 Å². The van der Waals surface area contributed by atoms with Crippen molar-refractivity contribution in [2.45, 2.75) is 49.6 Å². The maximum Gasteiger partial charge on any atom is 0.235 e. The van der Waals surface area contributed by atoms with Gasteiger partial charge in [-0.3, -0.25) is 19.1 Å². The van der Waals surface area contributed by atoms with Gasteiger partial charge in [0.05, 0.1) is 23.7 Å². The first-order chi connectivity index (χ1) is 13.5. The van der Waals surface area contributed by atoms with E-state index in [1.165, 1.54) is 11.8 Å². The number of carbonyl (C=O) groups is 2. The zero-order valence-electron chi connectivity index (χ0n) is 16.5. The number of amides is 2. The van der Waals surface area contributed by atoms with E-state index in [1.807, 2.05) is 28.5 Å². The van der Waals surface area contributed by atoms with Gasteiger partial charge in [-0.05, 0) is 31.9 Å². The highest BCUT2D eigenvalue weighted by atomic mass is 32.2. The van der Waals surface area contributed by atoms with E-state index in [0.29, 0.717) is 23.9 Å². The van der Waals surface area contributed by atoms with Gasteiger partial charge in [0.2, 0.25) is 11.8 Å². The lowest BCUT2D eigenvalue weighted by atomic mass is 10.2. The van der Waals surface area contributed by atoms with Crippen LogP contribution in [0.5, 0.6) is 0 Å². The lowest BCUT2D eigenvalue weighted by Gasteiger charge is -2.21. The number of thioether (sulfide) groups is 1. The lowest BCUT2D eigenvalue weighted by molar-refractivity contribution is -0.131. The molecular formula is C19H26N6O2S. The van der Waals surface area contributed by atoms with Crippen molar-refractivity contribution in [1.82, 2.24) is 29.5 Å². The summed E-state index contributed by atoms with van der Waals surface area (Å²) in [6.07, 6.45) is 7.04. The summed E-state index contributed by atoms with van der Waals surface area (Å²) in [6, 6.07) is 3.77. The van der Waals surface area contributed by atoms with Crippen molar-refractivity contribution in [2.75, 3.05) is 20.6 Å². The van der Waals surface area contributed by atoms with Gasteiger partial charge in [-0.15, -0.1) is 10.2 Å². The molecule has 0 bridgehead atoms. The van der Waals surface area contributed by atoms with Crippen LogP contribution in [-0.4, -0.2) is 67.3 Å². The minimum atomic E-state index is -0.303. The van der Waals surface area contributed by atoms with Gasteiger partial charge in [-0.2, -0.15) is 0 Å². The predicted octanol–water partition coefficient (Wildman–Crippen LogP) is 2.13. The highest BCUT2D eigenvalue weighted by molar-refractivity contribution is 8.00. The van der Waals surface area contributed by atoms with E-state index in [1.54, 1.807) is 31.4 Å². The monoisotopic (exact) mass is 402 g/mol. The number of hydrogen-bond acceptors (Lipinski definition) is 6. The Morgan fingerprint density at radius 1 is 1.29 bits per heavy atom. The second-order valence-corrected chi connectivity index (χ2v) is 8.37. The van der Waals surface area contributed by atoms with E-state index >= 15 is 0 Å². The maximum atomic E-state index is 12.4. The zero-order chi connectivity index (χ0) is 20.1. The average molecular weight is 403 g/mol. The Bertz CT molecular complexity index is 823. The molecule has 0 aromatic carbocycles. The molecule has 2 aromatic heterocycles. The molecule has 150 valence electrons. The van der Waals surface area contributed by atoms with Crippen LogP contribution in [0.3, 0.4) is 0 Å². The molecular weight excluding hydrogens is 376 g/mol. The minimum absolute atomic E-state index is 0.00924. The van der Waals surface area contributed by atoms with Gasteiger partial charge >= 0.3 is 0 Å². The number of pyridine rings is 1. The van der Waals surface area contributed by atoms with E-state index < -0.39 is 0 Å². The number of rotatable bonds is 6. The van der Waals surface area contributed by atoms with Crippen molar-refractivity contribution in [2.24, 2.45) is 0 Å². The van der Waals surface area contributed by atoms with Crippen LogP contribution in [-0.2, 0) is 16.1 Å². The SMILES string of the molecule is CC(Sc1nnc(CN2CCCCCC2=O)n1-c1cccnc1)C(=O)N(C)C. The molecule has 1 unspecified atom stereocenters. The topological polar surface area (TPSA) is 84.2 Å². The fraction of sp³-hybridized carbons (Fsp3) is 0.526. The Morgan fingerprint density at radius 2 is 2.11 bits per heavy atom. The molecule has 0 N–H and O–H groups in total. The van der Waals surface area contributed by atoms with Gasteiger partial charge < -0.3 is 9.80 Å². The van der Waals surface area contributed by atoms with Crippen molar-refractivity contribution >= 4 is 23.6 Å². The molecule has 1 aliphatic rings. The van der Waals surface area contributed by atoms with Crippen LogP contribution < -0.4 is 0 Å². The highest BCUT2D eigenvalue weighted by Gasteiger charge is 2.24. The number of hydrogen-bond donors (Lipinski definition) is 0. The smallest absolute Gasteiger partial charge is 0.235 e. The average Bonchev–Trinajstić information content (AvgIpc) is 2.96. The summed E-state index contributed by atoms with van der Waals surface area (Å²) in [5, 5.41) is 9.00. The van der Waals surface area contributed by atoms with Crippen LogP contribution in [0.4, 0.5) is 0 Å². The van der Waals surface area contributed by atoms with Gasteiger partial charge in [-0.1, -0.05) is 18.2 Å². The largest absolute Gasteiger partial charge is 0.348 e. The summed E-state index contributed by atoms with van der Waals surface area (Å²) < 4.78 is 1.90. The first-order valence-corrected chi connectivity index (χ1v) is 10.4. The third-order valence-corrected chi connectivity index (χ3v) is 5.71. The standard InChI is InChI=1S/C19H26N6O2S/c1-14(18(27)23(2)3)28-19-22-21-16(25(19)15-8-7-10-20-12-15)13-24-11-6-4-5-9-17(24)26/h7-8,10,12,14H,4-6,9,11,13H2,1-3H3. The summed E-state index contributed by atoms with van der Waals surface area (Å²) in [5.41, 5.74) is 0.816. The first kappa shape index (κ1) is 20.3. The quantitative estimate of drug-likeness (QED) is 0.688. The van der Waals surface area contributed by atoms with Gasteiger partial charge in [0.15, 0.2) is 11.0 Å². The Labute approximate surface area is 169 Å². The van der Waals surface area contributed by atoms with Crippen LogP contribution in [0.2, 0.25) is 0 Å². The van der Waals surface area contributed by atoms with Crippen LogP contribution in [0.25, 0.3) is 5.69 Å². The van der Waals surface area contributed by atoms with E-state index in [9.17, 15) is 9.59 Å². The number of aromatic nitrogens is 4. The normalized spacial score (nSPS) is 16.0. The number of carbonyl (C=O) groups excluding carboxylic acids is 2. The van der Waals surface area contributed by atoms with E-state index in [4.69, 9.17) is 0 Å². The van der Waals surface area contributed by atoms with Crippen LogP contribution in [0.1, 0.15) is 38.4 Å². The molecule has 3 rings (SSSR count). The molecule has 1 fully saturated rings. The highest BCUT2D eigenvalue weighted by Crippen LogP contribution is 2.27. The maximum absolute atomic E-state index is 12.4. The van der Waals surface area contributed by atoms with Gasteiger partial charge in [-0.25, -0.2) is 0 Å². The molecule has 3 heterocycles. The Hall–Kier alpha value is -2.42. The first-order valence-electron chi connectivity index (χ1n) is 9.47. The predicted molar refractivity (Wildman–Crippen MR) is 107 cm³/mol. The summed E-state index contributed by atoms with van der Waals surface area (Å²) in [4.78, 5) is 32.3. The van der Waals surface area contributed by atoms with Gasteiger partial charge in [0, 0.05) is 33.3 Å². The second kappa shape index (κ2) is 9.18. The second-order valence-electron chi connectivity index (χ2n) is 7.06. The molecule has 0 spiro atoms. The fourth-order valence-corrected chi connectivity index (χ4v) is 4.20. The molecule has 0 aliphatic carbocycles. The third-order valence-electron chi connectivity index (χ3n) is 4.68. The fourth-order valence-electron chi connectivity index (χ4n) is 3.17. The zero-order valence-corrected chi connectivity index (χ0v) is 17.4. The van der Waals surface area contributed by atoms with Crippen molar-refractivity contribution < 1.29 is 9.59 Å². The van der Waals surface area contributed by atoms with Crippen LogP contribution >= 0.6 is 11.8 Å².